The van der Waals surface area contributed by atoms with Crippen molar-refractivity contribution in [3.05, 3.63) is 35.1 Å². The summed E-state index contributed by atoms with van der Waals surface area (Å²) in [5, 5.41) is 28.2. The second-order valence-electron chi connectivity index (χ2n) is 3.82. The summed E-state index contributed by atoms with van der Waals surface area (Å²) in [5.41, 5.74) is 1.65. The summed E-state index contributed by atoms with van der Waals surface area (Å²) in [7, 11) is 0. The number of hydrogen-bond acceptors (Lipinski definition) is 5. The lowest BCUT2D eigenvalue weighted by atomic mass is 10.0. The molecule has 18 heavy (non-hydrogen) atoms. The Morgan fingerprint density at radius 2 is 2.11 bits per heavy atom. The van der Waals surface area contributed by atoms with E-state index in [1.54, 1.807) is 24.3 Å². The van der Waals surface area contributed by atoms with Gasteiger partial charge >= 0.3 is 0 Å². The Hall–Kier alpha value is -1.74. The number of halogens is 1. The molecule has 0 saturated heterocycles. The third kappa shape index (κ3) is 2.57. The van der Waals surface area contributed by atoms with Gasteiger partial charge in [0.15, 0.2) is 0 Å². The van der Waals surface area contributed by atoms with E-state index in [0.717, 1.165) is 0 Å². The lowest BCUT2D eigenvalue weighted by molar-refractivity contribution is 0.0217. The van der Waals surface area contributed by atoms with Crippen LogP contribution in [0.15, 0.2) is 24.4 Å². The number of nitrogens with zero attached hydrogens (tertiary/aromatic N) is 3. The van der Waals surface area contributed by atoms with Crippen LogP contribution in [-0.2, 0) is 0 Å². The molecule has 5 nitrogen and oxygen atoms in total. The highest BCUT2D eigenvalue weighted by Gasteiger charge is 2.18. The van der Waals surface area contributed by atoms with Crippen molar-refractivity contribution in [3.63, 3.8) is 0 Å². The fraction of sp³-hybridized carbons (Fsp3) is 0.250. The standard InChI is InChI=1S/C12H10ClN3O2/c13-11-6-15-8-2-1-7(5-9(8)16-11)12(18)10(17)3-4-14/h1-2,5-6,10,12,17-18H,3H2. The van der Waals surface area contributed by atoms with Gasteiger partial charge in [-0.25, -0.2) is 4.98 Å². The SMILES string of the molecule is N#CCC(O)C(O)c1ccc2ncc(Cl)nc2c1. The molecule has 1 aromatic carbocycles. The number of nitriles is 1. The first-order valence-corrected chi connectivity index (χ1v) is 5.65. The summed E-state index contributed by atoms with van der Waals surface area (Å²) in [6.45, 7) is 0. The van der Waals surface area contributed by atoms with Gasteiger partial charge in [0.25, 0.3) is 0 Å². The Kier molecular flexibility index (Phi) is 3.72. The minimum absolute atomic E-state index is 0.138. The van der Waals surface area contributed by atoms with Crippen molar-refractivity contribution in [2.45, 2.75) is 18.6 Å². The van der Waals surface area contributed by atoms with Gasteiger partial charge in [-0.1, -0.05) is 17.7 Å². The van der Waals surface area contributed by atoms with E-state index in [0.29, 0.717) is 16.6 Å². The molecular formula is C12H10ClN3O2. The predicted molar refractivity (Wildman–Crippen MR) is 65.7 cm³/mol. The second-order valence-corrected chi connectivity index (χ2v) is 4.20. The smallest absolute Gasteiger partial charge is 0.148 e. The van der Waals surface area contributed by atoms with Crippen LogP contribution in [0.2, 0.25) is 5.15 Å². The van der Waals surface area contributed by atoms with Crippen molar-refractivity contribution in [3.8, 4) is 6.07 Å². The van der Waals surface area contributed by atoms with Gasteiger partial charge in [-0.05, 0) is 17.7 Å². The van der Waals surface area contributed by atoms with Crippen LogP contribution in [0.3, 0.4) is 0 Å². The number of aliphatic hydroxyl groups is 2. The molecule has 0 radical (unpaired) electrons. The van der Waals surface area contributed by atoms with E-state index in [9.17, 15) is 10.2 Å². The molecule has 2 N–H and O–H groups in total. The zero-order valence-electron chi connectivity index (χ0n) is 9.29. The largest absolute Gasteiger partial charge is 0.389 e. The summed E-state index contributed by atoms with van der Waals surface area (Å²) in [6, 6.07) is 6.71. The fourth-order valence-corrected chi connectivity index (χ4v) is 1.76. The maximum absolute atomic E-state index is 9.87. The summed E-state index contributed by atoms with van der Waals surface area (Å²) in [4.78, 5) is 8.14. The monoisotopic (exact) mass is 263 g/mol. The minimum Gasteiger partial charge on any atom is -0.389 e. The Morgan fingerprint density at radius 3 is 2.83 bits per heavy atom. The first-order chi connectivity index (χ1) is 8.61. The van der Waals surface area contributed by atoms with E-state index < -0.39 is 12.2 Å². The highest BCUT2D eigenvalue weighted by atomic mass is 35.5. The molecule has 2 rings (SSSR count). The Morgan fingerprint density at radius 1 is 1.33 bits per heavy atom. The van der Waals surface area contributed by atoms with Crippen LogP contribution in [0.4, 0.5) is 0 Å². The molecule has 0 saturated carbocycles. The molecule has 0 amide bonds. The molecule has 2 aromatic rings. The van der Waals surface area contributed by atoms with Gasteiger partial charge in [-0.2, -0.15) is 5.26 Å². The zero-order valence-corrected chi connectivity index (χ0v) is 10.0. The molecule has 0 fully saturated rings. The Labute approximate surface area is 108 Å². The van der Waals surface area contributed by atoms with Crippen molar-refractivity contribution < 1.29 is 10.2 Å². The molecule has 0 bridgehead atoms. The third-order valence-corrected chi connectivity index (χ3v) is 2.73. The van der Waals surface area contributed by atoms with Crippen molar-refractivity contribution in [1.29, 1.82) is 5.26 Å². The van der Waals surface area contributed by atoms with Crippen molar-refractivity contribution in [2.75, 3.05) is 0 Å². The molecule has 6 heteroatoms. The Balaban J connectivity index is 2.37. The number of fused-ring (bicyclic) bond motifs is 1. The normalized spacial score (nSPS) is 14.1. The van der Waals surface area contributed by atoms with E-state index in [-0.39, 0.29) is 11.6 Å². The Bertz CT molecular complexity index is 612. The van der Waals surface area contributed by atoms with E-state index >= 15 is 0 Å². The maximum Gasteiger partial charge on any atom is 0.148 e. The van der Waals surface area contributed by atoms with E-state index in [1.807, 2.05) is 0 Å². The third-order valence-electron chi connectivity index (χ3n) is 2.54. The number of benzene rings is 1. The number of aromatic nitrogens is 2. The highest BCUT2D eigenvalue weighted by Crippen LogP contribution is 2.22. The van der Waals surface area contributed by atoms with Crippen LogP contribution >= 0.6 is 11.6 Å². The van der Waals surface area contributed by atoms with Gasteiger partial charge in [0.1, 0.15) is 11.3 Å². The number of aliphatic hydroxyl groups excluding tert-OH is 2. The second kappa shape index (κ2) is 5.27. The van der Waals surface area contributed by atoms with Gasteiger partial charge in [0.05, 0.1) is 35.8 Å². The predicted octanol–water partition coefficient (Wildman–Crippen LogP) is 1.59. The van der Waals surface area contributed by atoms with Gasteiger partial charge < -0.3 is 10.2 Å². The number of rotatable bonds is 3. The van der Waals surface area contributed by atoms with Crippen LogP contribution < -0.4 is 0 Å². The van der Waals surface area contributed by atoms with Crippen LogP contribution in [0.1, 0.15) is 18.1 Å². The van der Waals surface area contributed by atoms with Crippen molar-refractivity contribution in [1.82, 2.24) is 9.97 Å². The maximum atomic E-state index is 9.87. The van der Waals surface area contributed by atoms with Crippen LogP contribution in [0, 0.1) is 11.3 Å². The summed E-state index contributed by atoms with van der Waals surface area (Å²) in [6.07, 6.45) is -0.959. The minimum atomic E-state index is -1.13. The lowest BCUT2D eigenvalue weighted by Crippen LogP contribution is -2.17. The van der Waals surface area contributed by atoms with Crippen LogP contribution in [0.5, 0.6) is 0 Å². The van der Waals surface area contributed by atoms with Crippen LogP contribution in [0.25, 0.3) is 11.0 Å². The zero-order chi connectivity index (χ0) is 13.1. The van der Waals surface area contributed by atoms with E-state index in [2.05, 4.69) is 9.97 Å². The van der Waals surface area contributed by atoms with E-state index in [4.69, 9.17) is 16.9 Å². The average molecular weight is 264 g/mol. The van der Waals surface area contributed by atoms with E-state index in [1.165, 1.54) is 6.20 Å². The molecular weight excluding hydrogens is 254 g/mol. The van der Waals surface area contributed by atoms with Gasteiger partial charge in [-0.3, -0.25) is 4.98 Å². The summed E-state index contributed by atoms with van der Waals surface area (Å²) in [5.74, 6) is 0. The first kappa shape index (κ1) is 12.7. The topological polar surface area (TPSA) is 90.0 Å². The summed E-state index contributed by atoms with van der Waals surface area (Å²) >= 11 is 5.73. The van der Waals surface area contributed by atoms with Gasteiger partial charge in [0, 0.05) is 0 Å². The average Bonchev–Trinajstić information content (AvgIpc) is 2.37. The number of hydrogen-bond donors (Lipinski definition) is 2. The molecule has 0 aliphatic carbocycles. The molecule has 2 unspecified atom stereocenters. The molecule has 0 aliphatic heterocycles. The first-order valence-electron chi connectivity index (χ1n) is 5.27. The van der Waals surface area contributed by atoms with Crippen molar-refractivity contribution >= 4 is 22.6 Å². The fourth-order valence-electron chi connectivity index (χ4n) is 1.62. The molecule has 92 valence electrons. The highest BCUT2D eigenvalue weighted by molar-refractivity contribution is 6.29. The van der Waals surface area contributed by atoms with Gasteiger partial charge in [-0.15, -0.1) is 0 Å². The summed E-state index contributed by atoms with van der Waals surface area (Å²) < 4.78 is 0. The van der Waals surface area contributed by atoms with Crippen molar-refractivity contribution in [2.24, 2.45) is 0 Å². The van der Waals surface area contributed by atoms with Gasteiger partial charge in [0.2, 0.25) is 0 Å². The molecule has 1 aromatic heterocycles. The molecule has 0 spiro atoms. The molecule has 2 atom stereocenters. The molecule has 0 aliphatic rings. The van der Waals surface area contributed by atoms with Crippen LogP contribution in [-0.4, -0.2) is 26.3 Å². The lowest BCUT2D eigenvalue weighted by Gasteiger charge is -2.15. The quantitative estimate of drug-likeness (QED) is 0.878. The molecule has 1 heterocycles.